The first-order valence-corrected chi connectivity index (χ1v) is 6.85. The largest absolute Gasteiger partial charge is 0.481 e. The lowest BCUT2D eigenvalue weighted by atomic mass is 9.96. The summed E-state index contributed by atoms with van der Waals surface area (Å²) in [7, 11) is 1.47. The Bertz CT molecular complexity index is 553. The third kappa shape index (κ3) is 2.96. The van der Waals surface area contributed by atoms with Gasteiger partial charge >= 0.3 is 0 Å². The molecule has 2 heterocycles. The van der Waals surface area contributed by atoms with Gasteiger partial charge in [-0.2, -0.15) is 0 Å². The fraction of sp³-hybridized carbons (Fsp3) is 0.533. The molecule has 6 heteroatoms. The zero-order chi connectivity index (χ0) is 15.6. The molecule has 0 unspecified atom stereocenters. The van der Waals surface area contributed by atoms with E-state index < -0.39 is 11.9 Å². The highest BCUT2D eigenvalue weighted by molar-refractivity contribution is 5.65. The van der Waals surface area contributed by atoms with Gasteiger partial charge in [-0.1, -0.05) is 6.92 Å². The number of hydrogen-bond acceptors (Lipinski definition) is 6. The van der Waals surface area contributed by atoms with E-state index in [0.717, 1.165) is 0 Å². The molecule has 1 atom stereocenters. The van der Waals surface area contributed by atoms with Crippen LogP contribution in [0.15, 0.2) is 12.5 Å². The molecular weight excluding hydrogens is 274 g/mol. The molecule has 1 aliphatic heterocycles. The Morgan fingerprint density at radius 1 is 1.43 bits per heavy atom. The summed E-state index contributed by atoms with van der Waals surface area (Å²) >= 11 is 0. The normalized spacial score (nSPS) is 17.7. The van der Waals surface area contributed by atoms with E-state index in [-0.39, 0.29) is 6.61 Å². The maximum absolute atomic E-state index is 10.3. The van der Waals surface area contributed by atoms with Crippen LogP contribution < -0.4 is 4.74 Å². The molecule has 21 heavy (non-hydrogen) atoms. The molecule has 116 valence electrons. The second-order valence-corrected chi connectivity index (χ2v) is 5.26. The molecule has 6 nitrogen and oxygen atoms in total. The molecule has 0 aliphatic carbocycles. The van der Waals surface area contributed by atoms with E-state index in [9.17, 15) is 10.2 Å². The maximum atomic E-state index is 10.3. The van der Waals surface area contributed by atoms with Crippen molar-refractivity contribution in [2.24, 2.45) is 0 Å². The van der Waals surface area contributed by atoms with Gasteiger partial charge in [-0.05, 0) is 6.42 Å². The molecular formula is C15H21NO5. The lowest BCUT2D eigenvalue weighted by molar-refractivity contribution is -0.102. The van der Waals surface area contributed by atoms with Crippen LogP contribution in [0.3, 0.4) is 0 Å². The van der Waals surface area contributed by atoms with Crippen LogP contribution >= 0.6 is 0 Å². The van der Waals surface area contributed by atoms with E-state index in [1.165, 1.54) is 13.4 Å². The topological polar surface area (TPSA) is 81.0 Å². The number of aliphatic hydroxyl groups is 2. The number of pyridine rings is 1. The van der Waals surface area contributed by atoms with Crippen LogP contribution in [0.4, 0.5) is 0 Å². The average molecular weight is 295 g/mol. The quantitative estimate of drug-likeness (QED) is 0.866. The van der Waals surface area contributed by atoms with E-state index in [4.69, 9.17) is 14.2 Å². The number of methoxy groups -OCH3 is 1. The molecule has 0 saturated carbocycles. The lowest BCUT2D eigenvalue weighted by Gasteiger charge is -2.22. The molecule has 1 aromatic rings. The number of aromatic nitrogens is 1. The van der Waals surface area contributed by atoms with Gasteiger partial charge in [-0.25, -0.2) is 4.98 Å². The first-order valence-electron chi connectivity index (χ1n) is 6.85. The summed E-state index contributed by atoms with van der Waals surface area (Å²) in [5.41, 5.74) is 1.61. The third-order valence-electron chi connectivity index (χ3n) is 3.33. The van der Waals surface area contributed by atoms with E-state index in [0.29, 0.717) is 34.8 Å². The fourth-order valence-electron chi connectivity index (χ4n) is 2.29. The van der Waals surface area contributed by atoms with Crippen LogP contribution in [-0.2, 0) is 16.1 Å². The Morgan fingerprint density at radius 3 is 2.62 bits per heavy atom. The monoisotopic (exact) mass is 295 g/mol. The Labute approximate surface area is 124 Å². The predicted molar refractivity (Wildman–Crippen MR) is 76.2 cm³/mol. The van der Waals surface area contributed by atoms with Crippen LogP contribution in [0.25, 0.3) is 5.76 Å². The maximum Gasteiger partial charge on any atom is 0.245 e. The summed E-state index contributed by atoms with van der Waals surface area (Å²) in [6.07, 6.45) is 2.79. The van der Waals surface area contributed by atoms with Crippen LogP contribution in [0.5, 0.6) is 5.88 Å². The number of nitrogens with zero attached hydrogens (tertiary/aromatic N) is 1. The van der Waals surface area contributed by atoms with Gasteiger partial charge in [0.25, 0.3) is 0 Å². The Kier molecular flexibility index (Phi) is 4.39. The van der Waals surface area contributed by atoms with Crippen LogP contribution in [0, 0.1) is 0 Å². The summed E-state index contributed by atoms with van der Waals surface area (Å²) in [4.78, 5) is 4.17. The molecule has 0 spiro atoms. The Balaban J connectivity index is 2.56. The van der Waals surface area contributed by atoms with Crippen molar-refractivity contribution in [2.75, 3.05) is 7.11 Å². The van der Waals surface area contributed by atoms with E-state index in [1.54, 1.807) is 20.0 Å². The van der Waals surface area contributed by atoms with Crippen molar-refractivity contribution >= 4 is 5.76 Å². The van der Waals surface area contributed by atoms with E-state index >= 15 is 0 Å². The van der Waals surface area contributed by atoms with Crippen LogP contribution in [0.2, 0.25) is 0 Å². The van der Waals surface area contributed by atoms with Gasteiger partial charge in [-0.3, -0.25) is 0 Å². The Hall–Kier alpha value is -1.79. The summed E-state index contributed by atoms with van der Waals surface area (Å²) in [6.45, 7) is 5.15. The summed E-state index contributed by atoms with van der Waals surface area (Å²) < 4.78 is 16.3. The van der Waals surface area contributed by atoms with Gasteiger partial charge in [0.05, 0.1) is 19.8 Å². The van der Waals surface area contributed by atoms with Gasteiger partial charge in [-0.15, -0.1) is 0 Å². The molecule has 0 saturated heterocycles. The number of ether oxygens (including phenoxy) is 3. The summed E-state index contributed by atoms with van der Waals surface area (Å²) in [5, 5.41) is 19.9. The SMILES string of the molecule is CC[C@H](O)c1c(C2=COC(C)(C)O2)cnc(OC)c1CO. The smallest absolute Gasteiger partial charge is 0.245 e. The second-order valence-electron chi connectivity index (χ2n) is 5.26. The number of rotatable bonds is 5. The number of aliphatic hydroxyl groups excluding tert-OH is 2. The van der Waals surface area contributed by atoms with Crippen molar-refractivity contribution in [1.82, 2.24) is 4.98 Å². The third-order valence-corrected chi connectivity index (χ3v) is 3.33. The van der Waals surface area contributed by atoms with Gasteiger partial charge < -0.3 is 24.4 Å². The zero-order valence-corrected chi connectivity index (χ0v) is 12.7. The second kappa shape index (κ2) is 5.91. The van der Waals surface area contributed by atoms with Gasteiger partial charge in [0.15, 0.2) is 5.76 Å². The lowest BCUT2D eigenvalue weighted by Crippen LogP contribution is -2.20. The van der Waals surface area contributed by atoms with Crippen molar-refractivity contribution in [3.8, 4) is 5.88 Å². The van der Waals surface area contributed by atoms with Crippen LogP contribution in [-0.4, -0.2) is 28.1 Å². The molecule has 1 aliphatic rings. The van der Waals surface area contributed by atoms with Gasteiger partial charge in [0, 0.05) is 36.7 Å². The highest BCUT2D eigenvalue weighted by atomic mass is 16.7. The predicted octanol–water partition coefficient (Wildman–Crippen LogP) is 2.11. The number of hydrogen-bond donors (Lipinski definition) is 2. The van der Waals surface area contributed by atoms with Gasteiger partial charge in [0.1, 0.15) is 6.26 Å². The highest BCUT2D eigenvalue weighted by Gasteiger charge is 2.32. The molecule has 2 N–H and O–H groups in total. The van der Waals surface area contributed by atoms with Crippen molar-refractivity contribution in [3.63, 3.8) is 0 Å². The average Bonchev–Trinajstić information content (AvgIpc) is 2.84. The van der Waals surface area contributed by atoms with Gasteiger partial charge in [0.2, 0.25) is 11.7 Å². The fourth-order valence-corrected chi connectivity index (χ4v) is 2.29. The first kappa shape index (κ1) is 15.6. The van der Waals surface area contributed by atoms with Crippen molar-refractivity contribution in [1.29, 1.82) is 0 Å². The molecule has 2 rings (SSSR count). The van der Waals surface area contributed by atoms with Crippen molar-refractivity contribution in [3.05, 3.63) is 29.1 Å². The minimum Gasteiger partial charge on any atom is -0.481 e. The molecule has 0 bridgehead atoms. The van der Waals surface area contributed by atoms with E-state index in [2.05, 4.69) is 4.98 Å². The molecule has 0 amide bonds. The van der Waals surface area contributed by atoms with Crippen LogP contribution in [0.1, 0.15) is 50.0 Å². The summed E-state index contributed by atoms with van der Waals surface area (Å²) in [5.74, 6) is 0.0122. The minimum absolute atomic E-state index is 0.284. The molecule has 0 aromatic carbocycles. The Morgan fingerprint density at radius 2 is 2.14 bits per heavy atom. The standard InChI is InChI=1S/C15H21NO5/c1-5-11(18)13-9(12-8-20-15(2,3)21-12)6-16-14(19-4)10(13)7-17/h6,8,11,17-18H,5,7H2,1-4H3/t11-/m0/s1. The first-order chi connectivity index (χ1) is 9.93. The molecule has 1 aromatic heterocycles. The van der Waals surface area contributed by atoms with Crippen molar-refractivity contribution < 1.29 is 24.4 Å². The summed E-state index contributed by atoms with van der Waals surface area (Å²) in [6, 6.07) is 0. The molecule has 0 fully saturated rings. The highest BCUT2D eigenvalue weighted by Crippen LogP contribution is 2.38. The van der Waals surface area contributed by atoms with Crippen molar-refractivity contribution in [2.45, 2.75) is 45.7 Å². The molecule has 0 radical (unpaired) electrons. The van der Waals surface area contributed by atoms with E-state index in [1.807, 2.05) is 6.92 Å². The minimum atomic E-state index is -0.761. The zero-order valence-electron chi connectivity index (χ0n) is 12.7.